The summed E-state index contributed by atoms with van der Waals surface area (Å²) < 4.78 is 0. The second-order valence-corrected chi connectivity index (χ2v) is 4.12. The van der Waals surface area contributed by atoms with Crippen molar-refractivity contribution >= 4 is 23.2 Å². The van der Waals surface area contributed by atoms with E-state index in [1.165, 1.54) is 0 Å². The lowest BCUT2D eigenvalue weighted by Gasteiger charge is -1.98. The van der Waals surface area contributed by atoms with E-state index in [1.807, 2.05) is 30.3 Å². The number of nitrogens with one attached hydrogen (secondary N) is 2. The highest BCUT2D eigenvalue weighted by Crippen LogP contribution is 2.34. The van der Waals surface area contributed by atoms with Crippen molar-refractivity contribution in [2.45, 2.75) is 0 Å². The van der Waals surface area contributed by atoms with Gasteiger partial charge >= 0.3 is 0 Å². The minimum absolute atomic E-state index is 0.435. The maximum Gasteiger partial charge on any atom is 0.204 e. The van der Waals surface area contributed by atoms with Crippen molar-refractivity contribution in [2.24, 2.45) is 10.2 Å². The summed E-state index contributed by atoms with van der Waals surface area (Å²) in [6.45, 7) is 0. The molecule has 2 N–H and O–H groups in total. The Morgan fingerprint density at radius 1 is 1.00 bits per heavy atom. The maximum atomic E-state index is 6.10. The van der Waals surface area contributed by atoms with Crippen molar-refractivity contribution < 1.29 is 0 Å². The van der Waals surface area contributed by atoms with Crippen LogP contribution in [0.1, 0.15) is 0 Å². The normalized spacial score (nSPS) is 11.2. The Kier molecular flexibility index (Phi) is 3.07. The molecule has 0 saturated heterocycles. The Hall–Kier alpha value is -2.47. The van der Waals surface area contributed by atoms with Crippen molar-refractivity contribution in [3.8, 4) is 11.1 Å². The molecule has 0 aliphatic carbocycles. The van der Waals surface area contributed by atoms with Crippen molar-refractivity contribution in [2.75, 3.05) is 0 Å². The van der Waals surface area contributed by atoms with Crippen LogP contribution in [0.4, 0.5) is 11.6 Å². The highest BCUT2D eigenvalue weighted by molar-refractivity contribution is 6.32. The SMILES string of the molecule is Clc1[nH]nc(N=Nc2ccn[nH]2)c1-c1ccccc1. The van der Waals surface area contributed by atoms with E-state index in [9.17, 15) is 0 Å². The van der Waals surface area contributed by atoms with Crippen molar-refractivity contribution in [1.29, 1.82) is 0 Å². The molecule has 0 atom stereocenters. The number of H-pyrrole nitrogens is 2. The number of aromatic nitrogens is 4. The number of azo groups is 1. The van der Waals surface area contributed by atoms with E-state index >= 15 is 0 Å². The molecule has 0 spiro atoms. The van der Waals surface area contributed by atoms with E-state index in [1.54, 1.807) is 12.3 Å². The average molecular weight is 273 g/mol. The molecule has 6 nitrogen and oxygen atoms in total. The molecule has 3 aromatic rings. The van der Waals surface area contributed by atoms with Crippen LogP contribution in [0.2, 0.25) is 5.15 Å². The number of benzene rings is 1. The lowest BCUT2D eigenvalue weighted by atomic mass is 10.1. The lowest BCUT2D eigenvalue weighted by Crippen LogP contribution is -1.75. The van der Waals surface area contributed by atoms with Gasteiger partial charge in [0, 0.05) is 6.07 Å². The van der Waals surface area contributed by atoms with Gasteiger partial charge in [-0.2, -0.15) is 10.2 Å². The molecule has 0 aliphatic rings. The molecule has 0 radical (unpaired) electrons. The number of halogens is 1. The number of aromatic amines is 2. The van der Waals surface area contributed by atoms with Gasteiger partial charge in [0.15, 0.2) is 5.82 Å². The highest BCUT2D eigenvalue weighted by atomic mass is 35.5. The molecule has 0 amide bonds. The van der Waals surface area contributed by atoms with Crippen LogP contribution < -0.4 is 0 Å². The van der Waals surface area contributed by atoms with Gasteiger partial charge in [0.2, 0.25) is 5.82 Å². The zero-order valence-corrected chi connectivity index (χ0v) is 10.5. The summed E-state index contributed by atoms with van der Waals surface area (Å²) in [4.78, 5) is 0. The fourth-order valence-corrected chi connectivity index (χ4v) is 1.89. The van der Waals surface area contributed by atoms with Crippen LogP contribution in [-0.2, 0) is 0 Å². The minimum atomic E-state index is 0.435. The van der Waals surface area contributed by atoms with E-state index < -0.39 is 0 Å². The first-order chi connectivity index (χ1) is 9.34. The summed E-state index contributed by atoms with van der Waals surface area (Å²) in [7, 11) is 0. The Bertz CT molecular complexity index is 686. The molecule has 0 fully saturated rings. The van der Waals surface area contributed by atoms with Gasteiger partial charge in [0.1, 0.15) is 5.15 Å². The molecule has 19 heavy (non-hydrogen) atoms. The van der Waals surface area contributed by atoms with Crippen LogP contribution in [0.3, 0.4) is 0 Å². The van der Waals surface area contributed by atoms with Gasteiger partial charge < -0.3 is 0 Å². The van der Waals surface area contributed by atoms with Crippen LogP contribution in [0.5, 0.6) is 0 Å². The largest absolute Gasteiger partial charge is 0.264 e. The van der Waals surface area contributed by atoms with Crippen LogP contribution in [0.15, 0.2) is 52.8 Å². The summed E-state index contributed by atoms with van der Waals surface area (Å²) in [6.07, 6.45) is 1.60. The van der Waals surface area contributed by atoms with Crippen LogP contribution >= 0.6 is 11.6 Å². The Labute approximate surface area is 113 Å². The standard InChI is InChI=1S/C12H9ClN6/c13-11-10(8-4-2-1-3-5-8)12(19-17-11)18-16-9-6-7-14-15-9/h1-7H,(H,14,15)(H,17,19). The molecule has 2 heterocycles. The molecule has 2 aromatic heterocycles. The average Bonchev–Trinajstić information content (AvgIpc) is 3.07. The number of hydrogen-bond acceptors (Lipinski definition) is 4. The first-order valence-corrected chi connectivity index (χ1v) is 5.93. The summed E-state index contributed by atoms with van der Waals surface area (Å²) in [5, 5.41) is 21.7. The first-order valence-electron chi connectivity index (χ1n) is 5.55. The second kappa shape index (κ2) is 5.03. The fraction of sp³-hybridized carbons (Fsp3) is 0. The third-order valence-electron chi connectivity index (χ3n) is 2.50. The van der Waals surface area contributed by atoms with Gasteiger partial charge in [-0.1, -0.05) is 41.9 Å². The van der Waals surface area contributed by atoms with E-state index in [-0.39, 0.29) is 0 Å². The molecule has 1 aromatic carbocycles. The van der Waals surface area contributed by atoms with E-state index in [0.29, 0.717) is 16.8 Å². The third kappa shape index (κ3) is 2.38. The lowest BCUT2D eigenvalue weighted by molar-refractivity contribution is 1.03. The van der Waals surface area contributed by atoms with E-state index in [4.69, 9.17) is 11.6 Å². The van der Waals surface area contributed by atoms with Gasteiger partial charge in [-0.3, -0.25) is 10.2 Å². The highest BCUT2D eigenvalue weighted by Gasteiger charge is 2.13. The van der Waals surface area contributed by atoms with Crippen LogP contribution in [0, 0.1) is 0 Å². The second-order valence-electron chi connectivity index (χ2n) is 3.74. The zero-order valence-electron chi connectivity index (χ0n) is 9.71. The molecular weight excluding hydrogens is 264 g/mol. The summed E-state index contributed by atoms with van der Waals surface area (Å²) in [5.41, 5.74) is 1.66. The number of hydrogen-bond donors (Lipinski definition) is 2. The Morgan fingerprint density at radius 2 is 1.84 bits per heavy atom. The van der Waals surface area contributed by atoms with E-state index in [0.717, 1.165) is 11.1 Å². The Balaban J connectivity index is 2.00. The Morgan fingerprint density at radius 3 is 2.58 bits per heavy atom. The van der Waals surface area contributed by atoms with Crippen molar-refractivity contribution in [1.82, 2.24) is 20.4 Å². The predicted octanol–water partition coefficient (Wildman–Crippen LogP) is 3.87. The summed E-state index contributed by atoms with van der Waals surface area (Å²) >= 11 is 6.10. The number of rotatable bonds is 3. The molecule has 0 saturated carbocycles. The fourth-order valence-electron chi connectivity index (χ4n) is 1.65. The molecule has 0 unspecified atom stereocenters. The third-order valence-corrected chi connectivity index (χ3v) is 2.78. The van der Waals surface area contributed by atoms with E-state index in [2.05, 4.69) is 30.6 Å². The van der Waals surface area contributed by atoms with Crippen molar-refractivity contribution in [3.05, 3.63) is 47.7 Å². The quantitative estimate of drug-likeness (QED) is 0.710. The zero-order chi connectivity index (χ0) is 13.1. The van der Waals surface area contributed by atoms with Gasteiger partial charge in [-0.05, 0) is 5.56 Å². The van der Waals surface area contributed by atoms with Crippen molar-refractivity contribution in [3.63, 3.8) is 0 Å². The van der Waals surface area contributed by atoms with Gasteiger partial charge in [0.05, 0.1) is 11.8 Å². The monoisotopic (exact) mass is 272 g/mol. The minimum Gasteiger partial charge on any atom is -0.264 e. The van der Waals surface area contributed by atoms with Gasteiger partial charge in [0.25, 0.3) is 0 Å². The number of nitrogens with zero attached hydrogens (tertiary/aromatic N) is 4. The molecular formula is C12H9ClN6. The topological polar surface area (TPSA) is 82.1 Å². The van der Waals surface area contributed by atoms with Gasteiger partial charge in [-0.25, -0.2) is 0 Å². The molecule has 7 heteroatoms. The first kappa shape index (κ1) is 11.6. The molecule has 0 bridgehead atoms. The predicted molar refractivity (Wildman–Crippen MR) is 71.8 cm³/mol. The summed E-state index contributed by atoms with van der Waals surface area (Å²) in [6, 6.07) is 11.4. The summed E-state index contributed by atoms with van der Waals surface area (Å²) in [5.74, 6) is 0.990. The van der Waals surface area contributed by atoms with Crippen LogP contribution in [-0.4, -0.2) is 20.4 Å². The smallest absolute Gasteiger partial charge is 0.204 e. The maximum absolute atomic E-state index is 6.10. The van der Waals surface area contributed by atoms with Gasteiger partial charge in [-0.15, -0.1) is 10.2 Å². The van der Waals surface area contributed by atoms with Crippen LogP contribution in [0.25, 0.3) is 11.1 Å². The molecule has 0 aliphatic heterocycles. The molecule has 94 valence electrons. The molecule has 3 rings (SSSR count).